The van der Waals surface area contributed by atoms with Gasteiger partial charge in [0.05, 0.1) is 6.26 Å². The zero-order chi connectivity index (χ0) is 13.9. The summed E-state index contributed by atoms with van der Waals surface area (Å²) in [4.78, 5) is 10.6. The molecule has 0 saturated carbocycles. The van der Waals surface area contributed by atoms with E-state index >= 15 is 0 Å². The molecule has 7 heteroatoms. The smallest absolute Gasteiger partial charge is 0.225 e. The first-order chi connectivity index (χ1) is 8.97. The Hall–Kier alpha value is -1.21. The fourth-order valence-corrected chi connectivity index (χ4v) is 2.83. The topological polar surface area (TPSA) is 66.4 Å². The van der Waals surface area contributed by atoms with Crippen LogP contribution in [0.1, 0.15) is 12.8 Å². The molecule has 0 spiro atoms. The molecule has 1 atom stereocenters. The first kappa shape index (κ1) is 14.2. The summed E-state index contributed by atoms with van der Waals surface area (Å²) in [5, 5.41) is 0. The fraction of sp³-hybridized carbons (Fsp3) is 0.667. The summed E-state index contributed by atoms with van der Waals surface area (Å²) < 4.78 is 24.3. The number of rotatable bonds is 4. The third kappa shape index (κ3) is 3.87. The average molecular weight is 284 g/mol. The van der Waals surface area contributed by atoms with Gasteiger partial charge in [-0.3, -0.25) is 0 Å². The van der Waals surface area contributed by atoms with E-state index in [-0.39, 0.29) is 0 Å². The molecule has 1 aromatic heterocycles. The second-order valence-electron chi connectivity index (χ2n) is 5.05. The molecule has 106 valence electrons. The van der Waals surface area contributed by atoms with Crippen molar-refractivity contribution in [3.05, 3.63) is 18.5 Å². The highest BCUT2D eigenvalue weighted by Crippen LogP contribution is 2.21. The van der Waals surface area contributed by atoms with E-state index in [2.05, 4.69) is 14.9 Å². The Kier molecular flexibility index (Phi) is 4.36. The van der Waals surface area contributed by atoms with Gasteiger partial charge < -0.3 is 4.90 Å². The number of hydrogen-bond acceptors (Lipinski definition) is 5. The van der Waals surface area contributed by atoms with Crippen LogP contribution >= 0.6 is 0 Å². The van der Waals surface area contributed by atoms with Crippen LogP contribution in [0.25, 0.3) is 0 Å². The number of aromatic nitrogens is 2. The lowest BCUT2D eigenvalue weighted by atomic mass is 9.98. The Bertz CT molecular complexity index is 506. The van der Waals surface area contributed by atoms with E-state index < -0.39 is 10.0 Å². The van der Waals surface area contributed by atoms with Crippen molar-refractivity contribution >= 4 is 16.0 Å². The minimum Gasteiger partial charge on any atom is -0.341 e. The molecule has 0 bridgehead atoms. The van der Waals surface area contributed by atoms with Crippen molar-refractivity contribution in [1.29, 1.82) is 0 Å². The monoisotopic (exact) mass is 284 g/mol. The lowest BCUT2D eigenvalue weighted by Gasteiger charge is -2.34. The van der Waals surface area contributed by atoms with Crippen LogP contribution in [-0.2, 0) is 10.0 Å². The highest BCUT2D eigenvalue weighted by atomic mass is 32.2. The fourth-order valence-electron chi connectivity index (χ4n) is 2.35. The quantitative estimate of drug-likeness (QED) is 0.809. The summed E-state index contributed by atoms with van der Waals surface area (Å²) in [6.45, 7) is 2.30. The average Bonchev–Trinajstić information content (AvgIpc) is 2.39. The maximum atomic E-state index is 11.4. The molecular weight excluding hydrogens is 264 g/mol. The number of hydrogen-bond donors (Lipinski definition) is 0. The van der Waals surface area contributed by atoms with Gasteiger partial charge >= 0.3 is 0 Å². The van der Waals surface area contributed by atoms with Gasteiger partial charge in [0.1, 0.15) is 0 Å². The molecule has 2 heterocycles. The van der Waals surface area contributed by atoms with E-state index in [1.807, 2.05) is 0 Å². The van der Waals surface area contributed by atoms with E-state index in [0.717, 1.165) is 31.9 Å². The van der Waals surface area contributed by atoms with Gasteiger partial charge in [-0.15, -0.1) is 0 Å². The number of nitrogens with zero attached hydrogens (tertiary/aromatic N) is 4. The Morgan fingerprint density at radius 2 is 2.11 bits per heavy atom. The zero-order valence-corrected chi connectivity index (χ0v) is 12.2. The summed E-state index contributed by atoms with van der Waals surface area (Å²) in [6, 6.07) is 1.79. The van der Waals surface area contributed by atoms with Gasteiger partial charge in [0.2, 0.25) is 16.0 Å². The number of anilines is 1. The van der Waals surface area contributed by atoms with E-state index in [4.69, 9.17) is 0 Å². The van der Waals surface area contributed by atoms with Gasteiger partial charge in [0, 0.05) is 39.1 Å². The van der Waals surface area contributed by atoms with Gasteiger partial charge in [0.15, 0.2) is 0 Å². The van der Waals surface area contributed by atoms with E-state index in [1.165, 1.54) is 10.6 Å². The van der Waals surface area contributed by atoms with Crippen LogP contribution in [0.15, 0.2) is 18.5 Å². The van der Waals surface area contributed by atoms with Crippen molar-refractivity contribution < 1.29 is 8.42 Å². The van der Waals surface area contributed by atoms with E-state index in [1.54, 1.807) is 25.5 Å². The largest absolute Gasteiger partial charge is 0.341 e. The lowest BCUT2D eigenvalue weighted by Crippen LogP contribution is -2.42. The first-order valence-electron chi connectivity index (χ1n) is 6.40. The zero-order valence-electron chi connectivity index (χ0n) is 11.4. The molecule has 1 unspecified atom stereocenters. The van der Waals surface area contributed by atoms with Gasteiger partial charge in [-0.25, -0.2) is 22.7 Å². The number of sulfonamides is 1. The second-order valence-corrected chi connectivity index (χ2v) is 7.14. The molecule has 1 saturated heterocycles. The molecule has 6 nitrogen and oxygen atoms in total. The van der Waals surface area contributed by atoms with Crippen LogP contribution in [0, 0.1) is 5.92 Å². The van der Waals surface area contributed by atoms with Gasteiger partial charge in [-0.05, 0) is 24.8 Å². The van der Waals surface area contributed by atoms with Crippen molar-refractivity contribution in [3.63, 3.8) is 0 Å². The molecule has 0 amide bonds. The number of piperidine rings is 1. The van der Waals surface area contributed by atoms with Crippen molar-refractivity contribution in [2.75, 3.05) is 37.8 Å². The summed E-state index contributed by atoms with van der Waals surface area (Å²) in [7, 11) is -1.47. The van der Waals surface area contributed by atoms with Crippen molar-refractivity contribution in [1.82, 2.24) is 14.3 Å². The minimum absolute atomic E-state index is 0.331. The van der Waals surface area contributed by atoms with Crippen LogP contribution in [0.5, 0.6) is 0 Å². The second kappa shape index (κ2) is 5.83. The summed E-state index contributed by atoms with van der Waals surface area (Å²) in [6.07, 6.45) is 6.79. The summed E-state index contributed by atoms with van der Waals surface area (Å²) >= 11 is 0. The maximum absolute atomic E-state index is 11.4. The third-order valence-corrected chi connectivity index (χ3v) is 4.72. The Balaban J connectivity index is 1.98. The van der Waals surface area contributed by atoms with Crippen LogP contribution < -0.4 is 4.90 Å². The minimum atomic E-state index is -3.10. The Morgan fingerprint density at radius 3 is 2.74 bits per heavy atom. The Morgan fingerprint density at radius 1 is 1.42 bits per heavy atom. The highest BCUT2D eigenvalue weighted by Gasteiger charge is 2.24. The standard InChI is InChI=1S/C12H20N4O2S/c1-15(19(2,17)18)9-11-5-3-8-16(10-11)12-13-6-4-7-14-12/h4,6-7,11H,3,5,8-10H2,1-2H3. The molecule has 0 radical (unpaired) electrons. The van der Waals surface area contributed by atoms with Gasteiger partial charge in [0.25, 0.3) is 0 Å². The predicted molar refractivity (Wildman–Crippen MR) is 74.4 cm³/mol. The molecule has 0 N–H and O–H groups in total. The normalized spacial score (nSPS) is 20.8. The highest BCUT2D eigenvalue weighted by molar-refractivity contribution is 7.88. The molecular formula is C12H20N4O2S. The maximum Gasteiger partial charge on any atom is 0.225 e. The van der Waals surface area contributed by atoms with Crippen LogP contribution in [0.2, 0.25) is 0 Å². The third-order valence-electron chi connectivity index (χ3n) is 3.44. The summed E-state index contributed by atoms with van der Waals surface area (Å²) in [5.74, 6) is 1.06. The SMILES string of the molecule is CN(CC1CCCN(c2ncccn2)C1)S(C)(=O)=O. The summed E-state index contributed by atoms with van der Waals surface area (Å²) in [5.41, 5.74) is 0. The van der Waals surface area contributed by atoms with E-state index in [0.29, 0.717) is 12.5 Å². The van der Waals surface area contributed by atoms with E-state index in [9.17, 15) is 8.42 Å². The van der Waals surface area contributed by atoms with Crippen LogP contribution in [-0.4, -0.2) is 55.6 Å². The first-order valence-corrected chi connectivity index (χ1v) is 8.25. The lowest BCUT2D eigenvalue weighted by molar-refractivity contribution is 0.335. The van der Waals surface area contributed by atoms with Crippen molar-refractivity contribution in [2.24, 2.45) is 5.92 Å². The molecule has 1 fully saturated rings. The van der Waals surface area contributed by atoms with Crippen molar-refractivity contribution in [2.45, 2.75) is 12.8 Å². The van der Waals surface area contributed by atoms with Crippen molar-refractivity contribution in [3.8, 4) is 0 Å². The molecule has 1 aliphatic heterocycles. The molecule has 0 aromatic carbocycles. The molecule has 0 aliphatic carbocycles. The predicted octanol–water partition coefficient (Wildman–Crippen LogP) is 0.584. The molecule has 1 aromatic rings. The molecule has 19 heavy (non-hydrogen) atoms. The molecule has 2 rings (SSSR count). The molecule has 1 aliphatic rings. The Labute approximate surface area is 114 Å². The van der Waals surface area contributed by atoms with Gasteiger partial charge in [-0.2, -0.15) is 0 Å². The van der Waals surface area contributed by atoms with Crippen LogP contribution in [0.3, 0.4) is 0 Å². The van der Waals surface area contributed by atoms with Crippen LogP contribution in [0.4, 0.5) is 5.95 Å². The van der Waals surface area contributed by atoms with Gasteiger partial charge in [-0.1, -0.05) is 0 Å².